The van der Waals surface area contributed by atoms with Crippen molar-refractivity contribution in [3.8, 4) is 11.3 Å². The zero-order valence-electron chi connectivity index (χ0n) is 9.50. The van der Waals surface area contributed by atoms with Gasteiger partial charge in [-0.1, -0.05) is 11.6 Å². The van der Waals surface area contributed by atoms with Crippen LogP contribution in [0.3, 0.4) is 0 Å². The number of pyridine rings is 1. The number of fused-ring (bicyclic) bond motifs is 1. The van der Waals surface area contributed by atoms with Crippen LogP contribution in [0.15, 0.2) is 36.7 Å². The van der Waals surface area contributed by atoms with Gasteiger partial charge in [-0.3, -0.25) is 20.2 Å². The van der Waals surface area contributed by atoms with Crippen molar-refractivity contribution < 1.29 is 4.92 Å². The van der Waals surface area contributed by atoms with Gasteiger partial charge in [0.15, 0.2) is 0 Å². The SMILES string of the molecule is O=[N+]([O-])c1ccc2[nH]nc(-c3cncc(Cl)c3)c2c1. The van der Waals surface area contributed by atoms with Crippen LogP contribution in [-0.4, -0.2) is 20.1 Å². The van der Waals surface area contributed by atoms with Crippen LogP contribution >= 0.6 is 11.6 Å². The number of benzene rings is 1. The maximum Gasteiger partial charge on any atom is 0.270 e. The molecule has 94 valence electrons. The summed E-state index contributed by atoms with van der Waals surface area (Å²) in [4.78, 5) is 14.4. The van der Waals surface area contributed by atoms with E-state index in [-0.39, 0.29) is 5.69 Å². The molecule has 2 aromatic heterocycles. The third-order valence-corrected chi connectivity index (χ3v) is 2.94. The zero-order chi connectivity index (χ0) is 13.4. The van der Waals surface area contributed by atoms with Crippen LogP contribution in [-0.2, 0) is 0 Å². The molecular weight excluding hydrogens is 268 g/mol. The molecule has 7 heteroatoms. The number of H-pyrrole nitrogens is 1. The molecule has 0 aliphatic carbocycles. The second-order valence-corrected chi connectivity index (χ2v) is 4.39. The van der Waals surface area contributed by atoms with Crippen LogP contribution < -0.4 is 0 Å². The van der Waals surface area contributed by atoms with Crippen molar-refractivity contribution in [3.63, 3.8) is 0 Å². The number of nitro benzene ring substituents is 1. The monoisotopic (exact) mass is 274 g/mol. The van der Waals surface area contributed by atoms with E-state index in [0.717, 1.165) is 5.52 Å². The fourth-order valence-electron chi connectivity index (χ4n) is 1.88. The molecule has 3 rings (SSSR count). The van der Waals surface area contributed by atoms with Crippen molar-refractivity contribution in [1.82, 2.24) is 15.2 Å². The first-order chi connectivity index (χ1) is 9.15. The molecule has 6 nitrogen and oxygen atoms in total. The zero-order valence-corrected chi connectivity index (χ0v) is 10.3. The lowest BCUT2D eigenvalue weighted by Gasteiger charge is -1.98. The Morgan fingerprint density at radius 3 is 2.84 bits per heavy atom. The van der Waals surface area contributed by atoms with Crippen LogP contribution in [0.25, 0.3) is 22.2 Å². The lowest BCUT2D eigenvalue weighted by Crippen LogP contribution is -1.87. The molecule has 0 radical (unpaired) electrons. The second kappa shape index (κ2) is 4.33. The highest BCUT2D eigenvalue weighted by atomic mass is 35.5. The van der Waals surface area contributed by atoms with Gasteiger partial charge in [0.1, 0.15) is 5.69 Å². The summed E-state index contributed by atoms with van der Waals surface area (Å²) in [5.41, 5.74) is 2.04. The number of hydrogen-bond donors (Lipinski definition) is 1. The van der Waals surface area contributed by atoms with Crippen molar-refractivity contribution in [2.24, 2.45) is 0 Å². The van der Waals surface area contributed by atoms with E-state index in [1.807, 2.05) is 0 Å². The molecule has 0 atom stereocenters. The molecule has 0 spiro atoms. The van der Waals surface area contributed by atoms with E-state index in [4.69, 9.17) is 11.6 Å². The van der Waals surface area contributed by atoms with Crippen molar-refractivity contribution in [1.29, 1.82) is 0 Å². The van der Waals surface area contributed by atoms with Crippen LogP contribution in [0.4, 0.5) is 5.69 Å². The van der Waals surface area contributed by atoms with Crippen molar-refractivity contribution in [3.05, 3.63) is 51.8 Å². The number of aromatic amines is 1. The molecule has 0 saturated carbocycles. The predicted molar refractivity (Wildman–Crippen MR) is 71.0 cm³/mol. The Kier molecular flexibility index (Phi) is 2.64. The third-order valence-electron chi connectivity index (χ3n) is 2.74. The summed E-state index contributed by atoms with van der Waals surface area (Å²) in [6, 6.07) is 6.25. The summed E-state index contributed by atoms with van der Waals surface area (Å²) < 4.78 is 0. The van der Waals surface area contributed by atoms with Gasteiger partial charge in [-0.2, -0.15) is 5.10 Å². The molecule has 0 saturated heterocycles. The quantitative estimate of drug-likeness (QED) is 0.574. The van der Waals surface area contributed by atoms with Gasteiger partial charge >= 0.3 is 0 Å². The van der Waals surface area contributed by atoms with Crippen molar-refractivity contribution in [2.45, 2.75) is 0 Å². The molecule has 1 aromatic carbocycles. The summed E-state index contributed by atoms with van der Waals surface area (Å²) in [5, 5.41) is 18.9. The average Bonchev–Trinajstić information content (AvgIpc) is 2.81. The first-order valence-corrected chi connectivity index (χ1v) is 5.76. The van der Waals surface area contributed by atoms with Gasteiger partial charge in [0.05, 0.1) is 15.5 Å². The molecular formula is C12H7ClN4O2. The van der Waals surface area contributed by atoms with Gasteiger partial charge in [-0.15, -0.1) is 0 Å². The highest BCUT2D eigenvalue weighted by Crippen LogP contribution is 2.29. The fraction of sp³-hybridized carbons (Fsp3) is 0. The van der Waals surface area contributed by atoms with E-state index in [1.165, 1.54) is 18.3 Å². The summed E-state index contributed by atoms with van der Waals surface area (Å²) in [6.07, 6.45) is 3.13. The maximum absolute atomic E-state index is 10.8. The van der Waals surface area contributed by atoms with E-state index in [0.29, 0.717) is 21.7 Å². The fourth-order valence-corrected chi connectivity index (χ4v) is 2.05. The van der Waals surface area contributed by atoms with E-state index >= 15 is 0 Å². The standard InChI is InChI=1S/C12H7ClN4O2/c13-8-3-7(5-14-6-8)12-10-4-9(17(18)19)1-2-11(10)15-16-12/h1-6H,(H,15,16). The minimum Gasteiger partial charge on any atom is -0.277 e. The van der Waals surface area contributed by atoms with Gasteiger partial charge < -0.3 is 0 Å². The molecule has 1 N–H and O–H groups in total. The number of rotatable bonds is 2. The maximum atomic E-state index is 10.8. The van der Waals surface area contributed by atoms with Crippen molar-refractivity contribution in [2.75, 3.05) is 0 Å². The smallest absolute Gasteiger partial charge is 0.270 e. The minimum absolute atomic E-state index is 0.0186. The van der Waals surface area contributed by atoms with E-state index < -0.39 is 4.92 Å². The van der Waals surface area contributed by atoms with Crippen molar-refractivity contribution >= 4 is 28.2 Å². The predicted octanol–water partition coefficient (Wildman–Crippen LogP) is 3.19. The first kappa shape index (κ1) is 11.6. The first-order valence-electron chi connectivity index (χ1n) is 5.38. The Labute approximate surface area is 112 Å². The lowest BCUT2D eigenvalue weighted by molar-refractivity contribution is -0.384. The number of nitrogens with zero attached hydrogens (tertiary/aromatic N) is 3. The largest absolute Gasteiger partial charge is 0.277 e. The van der Waals surface area contributed by atoms with Crippen LogP contribution in [0.5, 0.6) is 0 Å². The van der Waals surface area contributed by atoms with Gasteiger partial charge in [-0.05, 0) is 12.1 Å². The van der Waals surface area contributed by atoms with Gasteiger partial charge in [-0.25, -0.2) is 0 Å². The number of non-ortho nitro benzene ring substituents is 1. The van der Waals surface area contributed by atoms with Crippen LogP contribution in [0, 0.1) is 10.1 Å². The number of aromatic nitrogens is 3. The van der Waals surface area contributed by atoms with E-state index in [2.05, 4.69) is 15.2 Å². The third kappa shape index (κ3) is 2.02. The molecule has 0 amide bonds. The molecule has 2 heterocycles. The molecule has 19 heavy (non-hydrogen) atoms. The Morgan fingerprint density at radius 2 is 2.11 bits per heavy atom. The Hall–Kier alpha value is -2.47. The second-order valence-electron chi connectivity index (χ2n) is 3.95. The summed E-state index contributed by atoms with van der Waals surface area (Å²) in [6.45, 7) is 0. The molecule has 0 unspecified atom stereocenters. The molecule has 0 aliphatic rings. The molecule has 0 fully saturated rings. The van der Waals surface area contributed by atoms with E-state index in [9.17, 15) is 10.1 Å². The topological polar surface area (TPSA) is 84.7 Å². The highest BCUT2D eigenvalue weighted by Gasteiger charge is 2.13. The summed E-state index contributed by atoms with van der Waals surface area (Å²) in [5.74, 6) is 0. The van der Waals surface area contributed by atoms with Gasteiger partial charge in [0.2, 0.25) is 0 Å². The normalized spacial score (nSPS) is 10.8. The van der Waals surface area contributed by atoms with Gasteiger partial charge in [0, 0.05) is 35.5 Å². The average molecular weight is 275 g/mol. The Morgan fingerprint density at radius 1 is 1.26 bits per heavy atom. The molecule has 3 aromatic rings. The minimum atomic E-state index is -0.438. The van der Waals surface area contributed by atoms with Crippen LogP contribution in [0.1, 0.15) is 0 Å². The van der Waals surface area contributed by atoms with Crippen LogP contribution in [0.2, 0.25) is 5.02 Å². The van der Waals surface area contributed by atoms with E-state index in [1.54, 1.807) is 18.3 Å². The van der Waals surface area contributed by atoms with Gasteiger partial charge in [0.25, 0.3) is 5.69 Å². The number of nitrogens with one attached hydrogen (secondary N) is 1. The number of nitro groups is 1. The molecule has 0 bridgehead atoms. The summed E-state index contributed by atoms with van der Waals surface area (Å²) in [7, 11) is 0. The highest BCUT2D eigenvalue weighted by molar-refractivity contribution is 6.30. The summed E-state index contributed by atoms with van der Waals surface area (Å²) >= 11 is 5.89. The Bertz CT molecular complexity index is 784. The molecule has 0 aliphatic heterocycles. The Balaban J connectivity index is 2.24. The lowest BCUT2D eigenvalue weighted by atomic mass is 10.1. The number of hydrogen-bond acceptors (Lipinski definition) is 4. The number of halogens is 1.